The van der Waals surface area contributed by atoms with Crippen molar-refractivity contribution in [2.75, 3.05) is 146 Å². The molecule has 16 aromatic rings. The number of anilines is 4. The molecule has 20 rings (SSSR count). The fourth-order valence-electron chi connectivity index (χ4n) is 19.1. The number of nitrogens with zero attached hydrogens (tertiary/aromatic N) is 17. The summed E-state index contributed by atoms with van der Waals surface area (Å²) >= 11 is 26.8. The van der Waals surface area contributed by atoms with Crippen LogP contribution in [0.25, 0.3) is 131 Å². The van der Waals surface area contributed by atoms with Crippen molar-refractivity contribution in [2.45, 2.75) is 26.3 Å². The summed E-state index contributed by atoms with van der Waals surface area (Å²) in [7, 11) is 5.65. The van der Waals surface area contributed by atoms with Gasteiger partial charge in [-0.1, -0.05) is 176 Å². The van der Waals surface area contributed by atoms with Gasteiger partial charge in [-0.2, -0.15) is 45.1 Å². The van der Waals surface area contributed by atoms with E-state index < -0.39 is 35.0 Å². The Kier molecular flexibility index (Phi) is 29.6. The van der Waals surface area contributed by atoms with Crippen LogP contribution in [0, 0.1) is 48.4 Å². The number of carbonyl (C=O) groups is 4. The molecule has 4 saturated heterocycles. The summed E-state index contributed by atoms with van der Waals surface area (Å²) < 4.78 is 99.5. The van der Waals surface area contributed by atoms with Gasteiger partial charge in [0.25, 0.3) is 5.91 Å². The largest absolute Gasteiger partial charge is 0.508 e. The van der Waals surface area contributed by atoms with Crippen molar-refractivity contribution in [3.05, 3.63) is 269 Å². The van der Waals surface area contributed by atoms with Crippen LogP contribution in [0.3, 0.4) is 0 Å². The summed E-state index contributed by atoms with van der Waals surface area (Å²) in [6.07, 6.45) is 3.97. The van der Waals surface area contributed by atoms with Gasteiger partial charge in [-0.25, -0.2) is 22.0 Å². The lowest BCUT2D eigenvalue weighted by Crippen LogP contribution is -2.55. The van der Waals surface area contributed by atoms with Gasteiger partial charge in [-0.3, -0.25) is 19.2 Å². The van der Waals surface area contributed by atoms with E-state index in [1.807, 2.05) is 137 Å². The molecule has 4 aromatic heterocycles. The van der Waals surface area contributed by atoms with E-state index in [1.54, 1.807) is 57.2 Å². The number of phenols is 3. The van der Waals surface area contributed by atoms with Crippen LogP contribution in [-0.2, 0) is 19.2 Å². The number of aromatic nitrogens is 8. The topological polar surface area (TPSA) is 319 Å². The van der Waals surface area contributed by atoms with Crippen molar-refractivity contribution in [2.24, 2.45) is 0 Å². The molecule has 0 unspecified atom stereocenters. The van der Waals surface area contributed by atoms with E-state index in [1.165, 1.54) is 69.8 Å². The third-order valence-corrected chi connectivity index (χ3v) is 27.1. The Hall–Kier alpha value is -16.0. The van der Waals surface area contributed by atoms with Gasteiger partial charge in [0.2, 0.25) is 17.7 Å². The zero-order valence-electron chi connectivity index (χ0n) is 79.2. The molecule has 0 saturated carbocycles. The van der Waals surface area contributed by atoms with Crippen LogP contribution in [0.5, 0.6) is 41.3 Å². The number of methoxy groups -OCH3 is 4. The van der Waals surface area contributed by atoms with Gasteiger partial charge < -0.3 is 73.5 Å². The van der Waals surface area contributed by atoms with Crippen LogP contribution in [0.4, 0.5) is 45.2 Å². The lowest BCUT2D eigenvalue weighted by Gasteiger charge is -2.41. The number of benzene rings is 12. The number of nitriles is 1. The van der Waals surface area contributed by atoms with Gasteiger partial charge in [0.15, 0.2) is 29.1 Å². The Balaban J connectivity index is 0.000000132. The number of carbonyl (C=O) groups excluding carboxylic acids is 4. The lowest BCUT2D eigenvalue weighted by molar-refractivity contribution is -0.129. The van der Waals surface area contributed by atoms with Crippen molar-refractivity contribution in [3.8, 4) is 91.9 Å². The highest BCUT2D eigenvalue weighted by atomic mass is 35.5. The first kappa shape index (κ1) is 101. The molecule has 0 bridgehead atoms. The Morgan fingerprint density at radius 1 is 0.393 bits per heavy atom. The molecule has 0 aliphatic carbocycles. The third kappa shape index (κ3) is 19.8. The molecule has 28 nitrogen and oxygen atoms in total. The summed E-state index contributed by atoms with van der Waals surface area (Å²) in [5, 5.41) is 49.1. The first-order valence-corrected chi connectivity index (χ1v) is 47.3. The van der Waals surface area contributed by atoms with E-state index in [-0.39, 0.29) is 149 Å². The van der Waals surface area contributed by atoms with Crippen LogP contribution in [0.1, 0.15) is 17.5 Å². The van der Waals surface area contributed by atoms with Gasteiger partial charge in [-0.15, -0.1) is 0 Å². The van der Waals surface area contributed by atoms with Crippen LogP contribution >= 0.6 is 46.4 Å². The summed E-state index contributed by atoms with van der Waals surface area (Å²) in [4.78, 5) is 97.5. The monoisotopic (exact) mass is 2040 g/mol. The third-order valence-electron chi connectivity index (χ3n) is 25.9. The smallest absolute Gasteiger partial charge is 0.318 e. The average molecular weight is 2040 g/mol. The molecule has 12 aromatic carbocycles. The molecule has 4 fully saturated rings. The van der Waals surface area contributed by atoms with Gasteiger partial charge >= 0.3 is 24.0 Å². The maximum atomic E-state index is 16.4. The van der Waals surface area contributed by atoms with Gasteiger partial charge in [0.05, 0.1) is 67.1 Å². The standard InChI is InChI=1S/C29H25ClFN5O2.C27H24ClFN4O3.C26H21ClF2N4O3.C26H22ClFN4O3/c1-4-23(37)36-14-13-35(16-19(36)11-12-32)28-21-15-22(30)25(26(31)27(21)33-29(34-28)38-3)20-10-6-9-18-8-5-7-17(2)24(18)20;1-4-21(35)32-8-10-33(11-9-32)26-19-14-20(28)23(24(29)25(19)30-27(31-26)36-3)18-13-17(34)12-16-7-5-6-15(2)22(16)18;1-14(28)25(35)33-9-7-32(8-10-33)24-19-13-20(27)21(22(29)23(19)30-26(31-24)36-2)18-12-16(34)11-15-5-3-4-6-17(15)18;1-3-21(34)31-8-10-32(11-9-31)25-19-14-20(27)22(23(28)24(19)29-26(30-25)35-2)18-13-16(33)12-15-6-4-5-7-17(15)18/h4-10,15,19H,1,11,13-14,16H2,2-3H3;4-7,12-14,34H,1,8-11H2,2-3H3;3-6,11-13,34H,1,7-10H2,2H3;3-7,12-14,33H,1,8-11H2,2H3/t19-;;;/m0.../s1. The number of halogens is 9. The number of aromatic hydroxyl groups is 3. The van der Waals surface area contributed by atoms with E-state index in [0.29, 0.717) is 158 Å². The maximum Gasteiger partial charge on any atom is 0.318 e. The normalized spacial score (nSPS) is 14.3. The molecule has 0 spiro atoms. The number of piperazine rings is 4. The van der Waals surface area contributed by atoms with E-state index in [2.05, 4.69) is 72.3 Å². The van der Waals surface area contributed by atoms with Crippen LogP contribution in [0.15, 0.2) is 214 Å². The first-order chi connectivity index (χ1) is 69.9. The molecule has 4 amide bonds. The second-order valence-electron chi connectivity index (χ2n) is 34.4. The number of fused-ring (bicyclic) bond motifs is 8. The van der Waals surface area contributed by atoms with Crippen LogP contribution < -0.4 is 38.5 Å². The number of aryl methyl sites for hydroxylation is 2. The molecule has 1 atom stereocenters. The number of amides is 4. The number of phenolic OH excluding ortho intramolecular Hbond substituents is 3. The van der Waals surface area contributed by atoms with Crippen molar-refractivity contribution < 1.29 is 75.4 Å². The number of hydrogen-bond donors (Lipinski definition) is 3. The Bertz CT molecular complexity index is 8040. The highest BCUT2D eigenvalue weighted by Crippen LogP contribution is 2.50. The highest BCUT2D eigenvalue weighted by molar-refractivity contribution is 6.37. The predicted molar refractivity (Wildman–Crippen MR) is 556 cm³/mol. The second-order valence-corrected chi connectivity index (χ2v) is 36.0. The highest BCUT2D eigenvalue weighted by Gasteiger charge is 2.36. The number of rotatable bonds is 17. The van der Waals surface area contributed by atoms with Crippen molar-refractivity contribution in [3.63, 3.8) is 0 Å². The molecule has 4 aliphatic heterocycles. The van der Waals surface area contributed by atoms with Crippen molar-refractivity contribution >= 4 is 180 Å². The van der Waals surface area contributed by atoms with E-state index in [4.69, 9.17) is 65.4 Å². The van der Waals surface area contributed by atoms with E-state index in [0.717, 1.165) is 48.8 Å². The van der Waals surface area contributed by atoms with Gasteiger partial charge in [0.1, 0.15) is 62.6 Å². The van der Waals surface area contributed by atoms with E-state index in [9.17, 15) is 44.2 Å². The minimum absolute atomic E-state index is 0.000633. The van der Waals surface area contributed by atoms with Gasteiger partial charge in [-0.05, 0) is 169 Å². The first-order valence-electron chi connectivity index (χ1n) is 45.8. The van der Waals surface area contributed by atoms with Crippen molar-refractivity contribution in [1.82, 2.24) is 59.5 Å². The lowest BCUT2D eigenvalue weighted by atomic mass is 9.93. The maximum absolute atomic E-state index is 16.4. The molecule has 738 valence electrons. The average Bonchev–Trinajstić information content (AvgIpc) is 0.750. The fourth-order valence-corrected chi connectivity index (χ4v) is 20.2. The number of ether oxygens (including phenoxy) is 4. The molecule has 4 aliphatic rings. The second kappa shape index (κ2) is 42.6. The minimum Gasteiger partial charge on any atom is -0.508 e. The van der Waals surface area contributed by atoms with Crippen molar-refractivity contribution in [1.29, 1.82) is 5.26 Å². The predicted octanol–water partition coefficient (Wildman–Crippen LogP) is 20.7. The minimum atomic E-state index is -1.02. The molecule has 3 N–H and O–H groups in total. The molecular weight excluding hydrogens is 1950 g/mol. The summed E-state index contributed by atoms with van der Waals surface area (Å²) in [5.74, 6) is -3.03. The zero-order chi connectivity index (χ0) is 103. The summed E-state index contributed by atoms with van der Waals surface area (Å²) in [6, 6.07) is 49.6. The van der Waals surface area contributed by atoms with Crippen LogP contribution in [0.2, 0.25) is 20.1 Å². The summed E-state index contributed by atoms with van der Waals surface area (Å²) in [6.45, 7) is 23.7. The fraction of sp³-hybridized carbons (Fsp3) is 0.213. The molecule has 8 heterocycles. The quantitative estimate of drug-likeness (QED) is 0.0563. The molecular formula is C108H92Cl4F5N17O11. The molecule has 37 heteroatoms. The van der Waals surface area contributed by atoms with E-state index >= 15 is 17.6 Å². The zero-order valence-corrected chi connectivity index (χ0v) is 82.2. The van der Waals surface area contributed by atoms with Crippen LogP contribution in [-0.4, -0.2) is 231 Å². The molecule has 0 radical (unpaired) electrons. The van der Waals surface area contributed by atoms with Gasteiger partial charge in [0, 0.05) is 142 Å². The molecule has 145 heavy (non-hydrogen) atoms. The Morgan fingerprint density at radius 3 is 1.08 bits per heavy atom. The summed E-state index contributed by atoms with van der Waals surface area (Å²) in [5.41, 5.74) is 4.80. The Labute approximate surface area is 847 Å². The Morgan fingerprint density at radius 2 is 0.710 bits per heavy atom. The SMILES string of the molecule is C=C(F)C(=O)N1CCN(c2nc(OC)nc3c(F)c(-c4cc(O)cc5ccccc45)c(Cl)cc23)CC1.C=CC(=O)N1CCN(c2nc(OC)nc3c(F)c(-c4cc(O)cc5cccc(C)c45)c(Cl)cc23)CC1.C=CC(=O)N1CCN(c2nc(OC)nc3c(F)c(-c4cc(O)cc5ccccc45)c(Cl)cc23)CC1.C=CC(=O)N1CCN(c2nc(OC)nc3c(F)c(-c4cccc5cccc(C)c45)c(Cl)cc23)C[C@@H]1CC#N. The number of hydrogen-bond acceptors (Lipinski definition) is 24.